The Hall–Kier alpha value is -0.930. The molecule has 0 aliphatic carbocycles. The Bertz CT molecular complexity index is 231. The molecule has 1 rings (SSSR count). The highest BCUT2D eigenvalue weighted by Gasteiger charge is 2.06. The van der Waals surface area contributed by atoms with Crippen molar-refractivity contribution in [2.75, 3.05) is 0 Å². The number of rotatable bonds is 3. The van der Waals surface area contributed by atoms with Crippen LogP contribution in [0.5, 0.6) is 0 Å². The molecule has 0 unspecified atom stereocenters. The Morgan fingerprint density at radius 3 is 2.42 bits per heavy atom. The van der Waals surface area contributed by atoms with Crippen LogP contribution in [0.1, 0.15) is 24.9 Å². The minimum absolute atomic E-state index is 0.106. The summed E-state index contributed by atoms with van der Waals surface area (Å²) >= 11 is 0. The summed E-state index contributed by atoms with van der Waals surface area (Å²) in [5, 5.41) is 8.71. The lowest BCUT2D eigenvalue weighted by atomic mass is 10.1. The second-order valence-electron chi connectivity index (χ2n) is 2.64. The molecule has 66 valence electrons. The fourth-order valence-electron chi connectivity index (χ4n) is 1.10. The van der Waals surface area contributed by atoms with Gasteiger partial charge in [-0.25, -0.2) is 4.39 Å². The first-order valence-electron chi connectivity index (χ1n) is 3.93. The van der Waals surface area contributed by atoms with Gasteiger partial charge < -0.3 is 5.21 Å². The first-order chi connectivity index (χ1) is 5.77. The lowest BCUT2D eigenvalue weighted by molar-refractivity contribution is 0.124. The van der Waals surface area contributed by atoms with E-state index < -0.39 is 0 Å². The summed E-state index contributed by atoms with van der Waals surface area (Å²) in [4.78, 5) is 0. The van der Waals surface area contributed by atoms with Crippen LogP contribution in [0.15, 0.2) is 24.3 Å². The van der Waals surface area contributed by atoms with E-state index in [1.807, 2.05) is 6.92 Å². The molecular weight excluding hydrogens is 157 g/mol. The number of hydrogen-bond acceptors (Lipinski definition) is 2. The van der Waals surface area contributed by atoms with Crippen LogP contribution >= 0.6 is 0 Å². The van der Waals surface area contributed by atoms with Gasteiger partial charge in [-0.2, -0.15) is 5.48 Å². The Morgan fingerprint density at radius 2 is 2.00 bits per heavy atom. The van der Waals surface area contributed by atoms with Crippen LogP contribution in [-0.4, -0.2) is 5.21 Å². The highest BCUT2D eigenvalue weighted by molar-refractivity contribution is 5.19. The molecule has 0 saturated carbocycles. The third-order valence-corrected chi connectivity index (χ3v) is 1.84. The van der Waals surface area contributed by atoms with Gasteiger partial charge >= 0.3 is 0 Å². The number of hydroxylamine groups is 1. The Labute approximate surface area is 71.0 Å². The van der Waals surface area contributed by atoms with Crippen molar-refractivity contribution in [2.24, 2.45) is 0 Å². The van der Waals surface area contributed by atoms with Gasteiger partial charge in [0.1, 0.15) is 5.82 Å². The van der Waals surface area contributed by atoms with E-state index in [9.17, 15) is 4.39 Å². The average molecular weight is 169 g/mol. The van der Waals surface area contributed by atoms with Crippen molar-refractivity contribution >= 4 is 0 Å². The van der Waals surface area contributed by atoms with Crippen molar-refractivity contribution in [1.29, 1.82) is 0 Å². The number of benzene rings is 1. The first-order valence-corrected chi connectivity index (χ1v) is 3.93. The van der Waals surface area contributed by atoms with E-state index in [0.29, 0.717) is 0 Å². The molecular formula is C9H12FNO. The van der Waals surface area contributed by atoms with E-state index in [4.69, 9.17) is 5.21 Å². The predicted molar refractivity (Wildman–Crippen MR) is 44.4 cm³/mol. The first kappa shape index (κ1) is 9.16. The van der Waals surface area contributed by atoms with E-state index in [1.54, 1.807) is 12.1 Å². The molecule has 2 N–H and O–H groups in total. The van der Waals surface area contributed by atoms with Crippen LogP contribution in [-0.2, 0) is 0 Å². The van der Waals surface area contributed by atoms with E-state index >= 15 is 0 Å². The van der Waals surface area contributed by atoms with Gasteiger partial charge in [0.2, 0.25) is 0 Å². The van der Waals surface area contributed by atoms with Crippen LogP contribution < -0.4 is 5.48 Å². The monoisotopic (exact) mass is 169 g/mol. The van der Waals surface area contributed by atoms with Gasteiger partial charge in [-0.15, -0.1) is 0 Å². The average Bonchev–Trinajstić information content (AvgIpc) is 2.10. The summed E-state index contributed by atoms with van der Waals surface area (Å²) < 4.78 is 12.5. The zero-order valence-corrected chi connectivity index (χ0v) is 6.92. The van der Waals surface area contributed by atoms with E-state index in [2.05, 4.69) is 5.48 Å². The molecule has 0 aromatic heterocycles. The van der Waals surface area contributed by atoms with E-state index in [0.717, 1.165) is 12.0 Å². The lowest BCUT2D eigenvalue weighted by Gasteiger charge is -2.12. The van der Waals surface area contributed by atoms with Crippen LogP contribution in [0.2, 0.25) is 0 Å². The van der Waals surface area contributed by atoms with Crippen molar-refractivity contribution < 1.29 is 9.60 Å². The minimum Gasteiger partial charge on any atom is -0.316 e. The fourth-order valence-corrected chi connectivity index (χ4v) is 1.10. The molecule has 0 fully saturated rings. The number of nitrogens with one attached hydrogen (secondary N) is 1. The maximum atomic E-state index is 12.5. The van der Waals surface area contributed by atoms with Crippen LogP contribution in [0, 0.1) is 5.82 Å². The van der Waals surface area contributed by atoms with Gasteiger partial charge in [-0.1, -0.05) is 19.1 Å². The van der Waals surface area contributed by atoms with Crippen molar-refractivity contribution in [3.63, 3.8) is 0 Å². The van der Waals surface area contributed by atoms with Crippen LogP contribution in [0.25, 0.3) is 0 Å². The summed E-state index contributed by atoms with van der Waals surface area (Å²) in [7, 11) is 0. The summed E-state index contributed by atoms with van der Waals surface area (Å²) in [6, 6.07) is 5.98. The Kier molecular flexibility index (Phi) is 3.19. The SMILES string of the molecule is CC[C@H](NO)c1ccc(F)cc1. The Balaban J connectivity index is 2.80. The van der Waals surface area contributed by atoms with Gasteiger partial charge in [0.15, 0.2) is 0 Å². The third-order valence-electron chi connectivity index (χ3n) is 1.84. The summed E-state index contributed by atoms with van der Waals surface area (Å²) in [5.74, 6) is -0.258. The van der Waals surface area contributed by atoms with Crippen molar-refractivity contribution in [3.05, 3.63) is 35.6 Å². The number of hydrogen-bond donors (Lipinski definition) is 2. The molecule has 0 amide bonds. The molecule has 0 spiro atoms. The summed E-state index contributed by atoms with van der Waals surface area (Å²) in [6.45, 7) is 1.94. The van der Waals surface area contributed by atoms with Gasteiger partial charge in [-0.05, 0) is 24.1 Å². The van der Waals surface area contributed by atoms with E-state index in [-0.39, 0.29) is 11.9 Å². The molecule has 3 heteroatoms. The molecule has 0 aliphatic rings. The predicted octanol–water partition coefficient (Wildman–Crippen LogP) is 2.26. The molecule has 0 radical (unpaired) electrons. The quantitative estimate of drug-likeness (QED) is 0.680. The van der Waals surface area contributed by atoms with Gasteiger partial charge in [0.05, 0.1) is 6.04 Å². The van der Waals surface area contributed by atoms with E-state index in [1.165, 1.54) is 12.1 Å². The van der Waals surface area contributed by atoms with Gasteiger partial charge in [0, 0.05) is 0 Å². The smallest absolute Gasteiger partial charge is 0.123 e. The Morgan fingerprint density at radius 1 is 1.42 bits per heavy atom. The van der Waals surface area contributed by atoms with Crippen molar-refractivity contribution in [1.82, 2.24) is 5.48 Å². The fraction of sp³-hybridized carbons (Fsp3) is 0.333. The van der Waals surface area contributed by atoms with Crippen LogP contribution in [0.4, 0.5) is 4.39 Å². The van der Waals surface area contributed by atoms with Crippen molar-refractivity contribution in [3.8, 4) is 0 Å². The maximum absolute atomic E-state index is 12.5. The molecule has 1 aromatic rings. The number of halogens is 1. The molecule has 0 aliphatic heterocycles. The lowest BCUT2D eigenvalue weighted by Crippen LogP contribution is -2.15. The third kappa shape index (κ3) is 2.03. The summed E-state index contributed by atoms with van der Waals surface area (Å²) in [6.07, 6.45) is 0.766. The van der Waals surface area contributed by atoms with Crippen molar-refractivity contribution in [2.45, 2.75) is 19.4 Å². The highest BCUT2D eigenvalue weighted by Crippen LogP contribution is 2.15. The van der Waals surface area contributed by atoms with Gasteiger partial charge in [0.25, 0.3) is 0 Å². The topological polar surface area (TPSA) is 32.3 Å². The molecule has 0 heterocycles. The highest BCUT2D eigenvalue weighted by atomic mass is 19.1. The standard InChI is InChI=1S/C9H12FNO/c1-2-9(11-12)7-3-5-8(10)6-4-7/h3-6,9,11-12H,2H2,1H3/t9-/m0/s1. The second kappa shape index (κ2) is 4.18. The minimum atomic E-state index is -0.258. The maximum Gasteiger partial charge on any atom is 0.123 e. The second-order valence-corrected chi connectivity index (χ2v) is 2.64. The van der Waals surface area contributed by atoms with Gasteiger partial charge in [-0.3, -0.25) is 0 Å². The summed E-state index contributed by atoms with van der Waals surface area (Å²) in [5.41, 5.74) is 3.06. The zero-order valence-electron chi connectivity index (χ0n) is 6.92. The normalized spacial score (nSPS) is 12.9. The van der Waals surface area contributed by atoms with Crippen LogP contribution in [0.3, 0.4) is 0 Å². The molecule has 2 nitrogen and oxygen atoms in total. The molecule has 1 aromatic carbocycles. The molecule has 0 saturated heterocycles. The molecule has 1 atom stereocenters. The molecule has 0 bridgehead atoms. The zero-order chi connectivity index (χ0) is 8.97. The molecule has 12 heavy (non-hydrogen) atoms. The largest absolute Gasteiger partial charge is 0.316 e.